The number of carbonyl (C=O) groups is 2. The Kier molecular flexibility index (Phi) is 3.97. The second-order valence-corrected chi connectivity index (χ2v) is 6.55. The molecule has 2 atom stereocenters. The van der Waals surface area contributed by atoms with E-state index in [2.05, 4.69) is 21.2 Å². The molecule has 1 aromatic rings. The van der Waals surface area contributed by atoms with Crippen molar-refractivity contribution in [3.8, 4) is 0 Å². The van der Waals surface area contributed by atoms with Gasteiger partial charge < -0.3 is 10.2 Å². The first kappa shape index (κ1) is 14.5. The highest BCUT2D eigenvalue weighted by Crippen LogP contribution is 2.27. The first-order valence-corrected chi connectivity index (χ1v) is 7.87. The molecule has 0 aliphatic carbocycles. The van der Waals surface area contributed by atoms with Gasteiger partial charge in [0, 0.05) is 30.0 Å². The Hall–Kier alpha value is -1.43. The Bertz CT molecular complexity index is 593. The molecular weight excluding hydrogens is 339 g/mol. The molecule has 2 unspecified atom stereocenters. The molecule has 1 N–H and O–H groups in total. The van der Waals surface area contributed by atoms with E-state index in [-0.39, 0.29) is 29.3 Å². The summed E-state index contributed by atoms with van der Waals surface area (Å²) in [7, 11) is 0. The first-order chi connectivity index (χ1) is 10.0. The van der Waals surface area contributed by atoms with Gasteiger partial charge in [-0.05, 0) is 37.0 Å². The van der Waals surface area contributed by atoms with E-state index in [1.807, 2.05) is 0 Å². The third-order valence-electron chi connectivity index (χ3n) is 4.27. The second-order valence-electron chi connectivity index (χ2n) is 5.64. The van der Waals surface area contributed by atoms with Gasteiger partial charge in [0.15, 0.2) is 0 Å². The minimum absolute atomic E-state index is 0.0917. The molecule has 4 nitrogen and oxygen atoms in total. The molecule has 1 aromatic carbocycles. The number of fused-ring (bicyclic) bond motifs is 1. The van der Waals surface area contributed by atoms with Gasteiger partial charge in [0.05, 0.1) is 5.56 Å². The van der Waals surface area contributed by atoms with Crippen LogP contribution in [0.4, 0.5) is 4.39 Å². The number of benzene rings is 1. The summed E-state index contributed by atoms with van der Waals surface area (Å²) in [5.41, 5.74) is 0.0997. The molecule has 2 heterocycles. The second kappa shape index (κ2) is 5.75. The van der Waals surface area contributed by atoms with Gasteiger partial charge in [-0.25, -0.2) is 4.39 Å². The van der Waals surface area contributed by atoms with Crippen LogP contribution in [0, 0.1) is 11.7 Å². The number of nitrogens with zero attached hydrogens (tertiary/aromatic N) is 1. The van der Waals surface area contributed by atoms with E-state index in [0.717, 1.165) is 12.8 Å². The number of hydrogen-bond donors (Lipinski definition) is 1. The Morgan fingerprint density at radius 1 is 1.38 bits per heavy atom. The fraction of sp³-hybridized carbons (Fsp3) is 0.467. The summed E-state index contributed by atoms with van der Waals surface area (Å²) in [4.78, 5) is 25.6. The van der Waals surface area contributed by atoms with Crippen molar-refractivity contribution in [1.82, 2.24) is 10.2 Å². The highest BCUT2D eigenvalue weighted by Gasteiger charge is 2.35. The van der Waals surface area contributed by atoms with Crippen LogP contribution >= 0.6 is 15.9 Å². The van der Waals surface area contributed by atoms with Crippen molar-refractivity contribution in [3.05, 3.63) is 34.1 Å². The molecule has 3 rings (SSSR count). The van der Waals surface area contributed by atoms with Crippen LogP contribution in [0.3, 0.4) is 0 Å². The lowest BCUT2D eigenvalue weighted by Crippen LogP contribution is -2.55. The smallest absolute Gasteiger partial charge is 0.256 e. The van der Waals surface area contributed by atoms with Gasteiger partial charge in [-0.3, -0.25) is 9.59 Å². The lowest BCUT2D eigenvalue weighted by molar-refractivity contribution is -0.125. The highest BCUT2D eigenvalue weighted by molar-refractivity contribution is 9.10. The maximum absolute atomic E-state index is 13.8. The van der Waals surface area contributed by atoms with Crippen LogP contribution < -0.4 is 5.32 Å². The number of amides is 2. The van der Waals surface area contributed by atoms with Gasteiger partial charge in [0.2, 0.25) is 5.91 Å². The molecule has 2 amide bonds. The van der Waals surface area contributed by atoms with Crippen LogP contribution in [-0.4, -0.2) is 35.8 Å². The van der Waals surface area contributed by atoms with Crippen molar-refractivity contribution in [2.24, 2.45) is 5.92 Å². The van der Waals surface area contributed by atoms with E-state index < -0.39 is 5.82 Å². The Balaban J connectivity index is 1.74. The van der Waals surface area contributed by atoms with Crippen molar-refractivity contribution in [2.45, 2.75) is 25.3 Å². The summed E-state index contributed by atoms with van der Waals surface area (Å²) in [6.45, 7) is 1.13. The van der Waals surface area contributed by atoms with Crippen LogP contribution in [-0.2, 0) is 4.79 Å². The zero-order valence-electron chi connectivity index (χ0n) is 11.4. The summed E-state index contributed by atoms with van der Waals surface area (Å²) in [6, 6.07) is 4.55. The molecule has 0 spiro atoms. The number of halogens is 2. The number of nitrogens with one attached hydrogen (secondary N) is 1. The third-order valence-corrected chi connectivity index (χ3v) is 4.76. The van der Waals surface area contributed by atoms with Crippen LogP contribution in [0.5, 0.6) is 0 Å². The van der Waals surface area contributed by atoms with E-state index in [4.69, 9.17) is 0 Å². The molecule has 0 radical (unpaired) electrons. The van der Waals surface area contributed by atoms with Crippen LogP contribution in [0.1, 0.15) is 29.6 Å². The summed E-state index contributed by atoms with van der Waals surface area (Å²) < 4.78 is 14.5. The summed E-state index contributed by atoms with van der Waals surface area (Å²) in [6.07, 6.45) is 2.04. The van der Waals surface area contributed by atoms with E-state index in [0.29, 0.717) is 24.0 Å². The molecule has 2 fully saturated rings. The van der Waals surface area contributed by atoms with Gasteiger partial charge in [0.1, 0.15) is 5.82 Å². The molecule has 2 aliphatic rings. The largest absolute Gasteiger partial charge is 0.353 e. The van der Waals surface area contributed by atoms with Crippen molar-refractivity contribution in [3.63, 3.8) is 0 Å². The quantitative estimate of drug-likeness (QED) is 0.841. The Morgan fingerprint density at radius 3 is 3.00 bits per heavy atom. The molecule has 112 valence electrons. The van der Waals surface area contributed by atoms with E-state index in [1.165, 1.54) is 12.1 Å². The predicted octanol–water partition coefficient (Wildman–Crippen LogP) is 2.33. The number of rotatable bonds is 1. The van der Waals surface area contributed by atoms with E-state index in [9.17, 15) is 14.0 Å². The molecule has 0 aromatic heterocycles. The molecular formula is C15H16BrFN2O2. The van der Waals surface area contributed by atoms with Gasteiger partial charge >= 0.3 is 0 Å². The zero-order chi connectivity index (χ0) is 15.0. The van der Waals surface area contributed by atoms with E-state index >= 15 is 0 Å². The third kappa shape index (κ3) is 2.95. The lowest BCUT2D eigenvalue weighted by Gasteiger charge is -2.41. The SMILES string of the molecule is O=C1CCC2CN(C(=O)c3cc(Br)ccc3F)CCC2N1. The highest BCUT2D eigenvalue weighted by atomic mass is 79.9. The van der Waals surface area contributed by atoms with Gasteiger partial charge in [-0.2, -0.15) is 0 Å². The summed E-state index contributed by atoms with van der Waals surface area (Å²) in [5, 5.41) is 2.98. The predicted molar refractivity (Wildman–Crippen MR) is 79.3 cm³/mol. The number of hydrogen-bond acceptors (Lipinski definition) is 2. The molecule has 6 heteroatoms. The van der Waals surface area contributed by atoms with Crippen molar-refractivity contribution < 1.29 is 14.0 Å². The fourth-order valence-corrected chi connectivity index (χ4v) is 3.49. The Labute approximate surface area is 130 Å². The summed E-state index contributed by atoms with van der Waals surface area (Å²) >= 11 is 3.27. The van der Waals surface area contributed by atoms with Crippen molar-refractivity contribution in [2.75, 3.05) is 13.1 Å². The van der Waals surface area contributed by atoms with Crippen molar-refractivity contribution >= 4 is 27.7 Å². The zero-order valence-corrected chi connectivity index (χ0v) is 13.0. The first-order valence-electron chi connectivity index (χ1n) is 7.08. The maximum atomic E-state index is 13.8. The van der Waals surface area contributed by atoms with Gasteiger partial charge in [0.25, 0.3) is 5.91 Å². The van der Waals surface area contributed by atoms with Gasteiger partial charge in [-0.1, -0.05) is 15.9 Å². The normalized spacial score (nSPS) is 25.2. The van der Waals surface area contributed by atoms with Crippen LogP contribution in [0.25, 0.3) is 0 Å². The fourth-order valence-electron chi connectivity index (χ4n) is 3.13. The van der Waals surface area contributed by atoms with Crippen LogP contribution in [0.2, 0.25) is 0 Å². The lowest BCUT2D eigenvalue weighted by atomic mass is 9.85. The molecule has 2 saturated heterocycles. The van der Waals surface area contributed by atoms with E-state index in [1.54, 1.807) is 11.0 Å². The average molecular weight is 355 g/mol. The van der Waals surface area contributed by atoms with Crippen molar-refractivity contribution in [1.29, 1.82) is 0 Å². The van der Waals surface area contributed by atoms with Crippen LogP contribution in [0.15, 0.2) is 22.7 Å². The topological polar surface area (TPSA) is 49.4 Å². The maximum Gasteiger partial charge on any atom is 0.256 e. The van der Waals surface area contributed by atoms with Gasteiger partial charge in [-0.15, -0.1) is 0 Å². The minimum Gasteiger partial charge on any atom is -0.353 e. The average Bonchev–Trinajstić information content (AvgIpc) is 2.48. The molecule has 0 saturated carbocycles. The minimum atomic E-state index is -0.498. The monoisotopic (exact) mass is 354 g/mol. The molecule has 0 bridgehead atoms. The number of likely N-dealkylation sites (tertiary alicyclic amines) is 1. The standard InChI is InChI=1S/C15H16BrFN2O2/c16-10-2-3-12(17)11(7-10)15(21)19-6-5-13-9(8-19)1-4-14(20)18-13/h2-3,7,9,13H,1,4-6,8H2,(H,18,20). The Morgan fingerprint density at radius 2 is 2.19 bits per heavy atom. The summed E-state index contributed by atoms with van der Waals surface area (Å²) in [5.74, 6) is -0.406. The molecule has 2 aliphatic heterocycles. The number of carbonyl (C=O) groups excluding carboxylic acids is 2. The number of piperidine rings is 2. The molecule has 21 heavy (non-hydrogen) atoms.